The number of benzene rings is 10. The molecule has 10 aromatic carbocycles. The SMILES string of the molecule is CC1(C)c2cc(N(c3ccccc3)c3ccccc3)c3ccccc3c2-c2cc(N(c3ccccc3)c3ccccc3)c3cc(N(c4ccccc4)c4ccccc4)ccc3c21. The Labute approximate surface area is 364 Å². The van der Waals surface area contributed by atoms with E-state index in [0.717, 1.165) is 45.5 Å². The molecule has 0 heterocycles. The summed E-state index contributed by atoms with van der Waals surface area (Å²) in [5.41, 5.74) is 15.0. The minimum Gasteiger partial charge on any atom is -0.310 e. The first kappa shape index (κ1) is 37.1. The summed E-state index contributed by atoms with van der Waals surface area (Å²) in [6.45, 7) is 4.84. The Morgan fingerprint density at radius 3 is 1.10 bits per heavy atom. The molecule has 0 N–H and O–H groups in total. The lowest BCUT2D eigenvalue weighted by Gasteiger charge is -2.31. The highest BCUT2D eigenvalue weighted by molar-refractivity contribution is 6.15. The molecule has 0 spiro atoms. The zero-order valence-electron chi connectivity index (χ0n) is 34.9. The zero-order valence-corrected chi connectivity index (χ0v) is 34.9. The number of anilines is 9. The summed E-state index contributed by atoms with van der Waals surface area (Å²) in [6, 6.07) is 85.7. The van der Waals surface area contributed by atoms with Crippen molar-refractivity contribution in [3.05, 3.63) is 248 Å². The number of nitrogens with zero attached hydrogens (tertiary/aromatic N) is 3. The van der Waals surface area contributed by atoms with Crippen molar-refractivity contribution in [2.24, 2.45) is 0 Å². The molecule has 0 unspecified atom stereocenters. The average molecular weight is 796 g/mol. The fraction of sp³-hybridized carbons (Fsp3) is 0.0508. The van der Waals surface area contributed by atoms with Gasteiger partial charge in [-0.15, -0.1) is 0 Å². The van der Waals surface area contributed by atoms with Gasteiger partial charge in [-0.3, -0.25) is 0 Å². The monoisotopic (exact) mass is 795 g/mol. The second-order valence-electron chi connectivity index (χ2n) is 16.6. The molecular weight excluding hydrogens is 751 g/mol. The van der Waals surface area contributed by atoms with Crippen LogP contribution in [-0.4, -0.2) is 0 Å². The first-order valence-electron chi connectivity index (χ1n) is 21.4. The van der Waals surface area contributed by atoms with Gasteiger partial charge >= 0.3 is 0 Å². The predicted molar refractivity (Wildman–Crippen MR) is 263 cm³/mol. The number of rotatable bonds is 9. The largest absolute Gasteiger partial charge is 0.310 e. The van der Waals surface area contributed by atoms with Crippen LogP contribution in [-0.2, 0) is 5.41 Å². The maximum absolute atomic E-state index is 2.49. The molecule has 0 amide bonds. The summed E-state index contributed by atoms with van der Waals surface area (Å²) in [6.07, 6.45) is 0. The lowest BCUT2D eigenvalue weighted by Crippen LogP contribution is -2.18. The third-order valence-corrected chi connectivity index (χ3v) is 12.5. The summed E-state index contributed by atoms with van der Waals surface area (Å²) in [5.74, 6) is 0. The van der Waals surface area contributed by atoms with Crippen molar-refractivity contribution in [2.45, 2.75) is 19.3 Å². The van der Waals surface area contributed by atoms with Crippen LogP contribution < -0.4 is 14.7 Å². The van der Waals surface area contributed by atoms with E-state index in [1.807, 2.05) is 0 Å². The van der Waals surface area contributed by atoms with Crippen LogP contribution in [0.25, 0.3) is 32.7 Å². The summed E-state index contributed by atoms with van der Waals surface area (Å²) in [4.78, 5) is 7.23. The molecule has 62 heavy (non-hydrogen) atoms. The van der Waals surface area contributed by atoms with Crippen LogP contribution in [0.1, 0.15) is 25.0 Å². The number of hydrogen-bond acceptors (Lipinski definition) is 3. The zero-order chi connectivity index (χ0) is 41.6. The summed E-state index contributed by atoms with van der Waals surface area (Å²) >= 11 is 0. The minimum atomic E-state index is -0.344. The molecule has 0 aliphatic heterocycles. The molecule has 0 saturated heterocycles. The fourth-order valence-electron chi connectivity index (χ4n) is 9.81. The van der Waals surface area contributed by atoms with Crippen molar-refractivity contribution in [1.29, 1.82) is 0 Å². The highest BCUT2D eigenvalue weighted by Crippen LogP contribution is 2.58. The quantitative estimate of drug-likeness (QED) is 0.144. The normalized spacial score (nSPS) is 12.5. The van der Waals surface area contributed by atoms with Crippen LogP contribution in [0.5, 0.6) is 0 Å². The molecular formula is C59H45N3. The van der Waals surface area contributed by atoms with Gasteiger partial charge in [-0.2, -0.15) is 0 Å². The van der Waals surface area contributed by atoms with E-state index in [0.29, 0.717) is 0 Å². The van der Waals surface area contributed by atoms with E-state index >= 15 is 0 Å². The van der Waals surface area contributed by atoms with Gasteiger partial charge in [0.2, 0.25) is 0 Å². The molecule has 0 saturated carbocycles. The van der Waals surface area contributed by atoms with Crippen molar-refractivity contribution >= 4 is 72.7 Å². The van der Waals surface area contributed by atoms with Crippen LogP contribution in [0.2, 0.25) is 0 Å². The van der Waals surface area contributed by atoms with Crippen molar-refractivity contribution < 1.29 is 0 Å². The lowest BCUT2D eigenvalue weighted by molar-refractivity contribution is 0.667. The van der Waals surface area contributed by atoms with Gasteiger partial charge in [-0.25, -0.2) is 0 Å². The number of hydrogen-bond donors (Lipinski definition) is 0. The van der Waals surface area contributed by atoms with Gasteiger partial charge in [0.25, 0.3) is 0 Å². The molecule has 0 atom stereocenters. The van der Waals surface area contributed by atoms with E-state index in [-0.39, 0.29) is 5.41 Å². The van der Waals surface area contributed by atoms with Crippen molar-refractivity contribution in [2.75, 3.05) is 14.7 Å². The number of para-hydroxylation sites is 6. The van der Waals surface area contributed by atoms with Gasteiger partial charge in [-0.1, -0.05) is 153 Å². The highest BCUT2D eigenvalue weighted by atomic mass is 15.2. The molecule has 296 valence electrons. The molecule has 3 heteroatoms. The first-order valence-corrected chi connectivity index (χ1v) is 21.4. The van der Waals surface area contributed by atoms with Crippen LogP contribution in [0.3, 0.4) is 0 Å². The molecule has 0 radical (unpaired) electrons. The molecule has 1 aliphatic rings. The Kier molecular flexibility index (Phi) is 9.17. The summed E-state index contributed by atoms with van der Waals surface area (Å²) in [7, 11) is 0. The summed E-state index contributed by atoms with van der Waals surface area (Å²) < 4.78 is 0. The van der Waals surface area contributed by atoms with Gasteiger partial charge in [0, 0.05) is 56.0 Å². The minimum absolute atomic E-state index is 0.344. The smallest absolute Gasteiger partial charge is 0.0547 e. The predicted octanol–water partition coefficient (Wildman–Crippen LogP) is 16.7. The molecule has 0 aromatic heterocycles. The Morgan fingerprint density at radius 2 is 0.661 bits per heavy atom. The van der Waals surface area contributed by atoms with Gasteiger partial charge < -0.3 is 14.7 Å². The average Bonchev–Trinajstić information content (AvgIpc) is 3.56. The Morgan fingerprint density at radius 1 is 0.290 bits per heavy atom. The molecule has 1 aliphatic carbocycles. The van der Waals surface area contributed by atoms with Crippen molar-refractivity contribution in [1.82, 2.24) is 0 Å². The van der Waals surface area contributed by atoms with Crippen LogP contribution in [0.15, 0.2) is 237 Å². The van der Waals surface area contributed by atoms with Gasteiger partial charge in [0.1, 0.15) is 0 Å². The molecule has 11 rings (SSSR count). The molecule has 0 fully saturated rings. The Balaban J connectivity index is 1.23. The van der Waals surface area contributed by atoms with Crippen molar-refractivity contribution in [3.63, 3.8) is 0 Å². The van der Waals surface area contributed by atoms with Crippen LogP contribution in [0, 0.1) is 0 Å². The van der Waals surface area contributed by atoms with E-state index in [2.05, 4.69) is 265 Å². The van der Waals surface area contributed by atoms with Gasteiger partial charge in [-0.05, 0) is 130 Å². The van der Waals surface area contributed by atoms with E-state index in [4.69, 9.17) is 0 Å². The molecule has 10 aromatic rings. The van der Waals surface area contributed by atoms with E-state index in [1.54, 1.807) is 0 Å². The lowest BCUT2D eigenvalue weighted by atomic mass is 9.79. The van der Waals surface area contributed by atoms with E-state index in [1.165, 1.54) is 49.5 Å². The van der Waals surface area contributed by atoms with E-state index < -0.39 is 0 Å². The van der Waals surface area contributed by atoms with Gasteiger partial charge in [0.05, 0.1) is 11.4 Å². The Hall–Kier alpha value is -7.88. The second-order valence-corrected chi connectivity index (χ2v) is 16.6. The molecule has 3 nitrogen and oxygen atoms in total. The van der Waals surface area contributed by atoms with Crippen molar-refractivity contribution in [3.8, 4) is 11.1 Å². The second kappa shape index (κ2) is 15.3. The van der Waals surface area contributed by atoms with E-state index in [9.17, 15) is 0 Å². The highest BCUT2D eigenvalue weighted by Gasteiger charge is 2.40. The number of fused-ring (bicyclic) bond motifs is 7. The van der Waals surface area contributed by atoms with Crippen LogP contribution >= 0.6 is 0 Å². The maximum atomic E-state index is 2.49. The topological polar surface area (TPSA) is 9.72 Å². The Bertz CT molecular complexity index is 3070. The van der Waals surface area contributed by atoms with Gasteiger partial charge in [0.15, 0.2) is 0 Å². The standard InChI is InChI=1S/C59H45N3/c1-59(2)54-41-56(62(46-31-17-7-18-32-46)47-33-19-8-20-34-47)49-35-21-22-36-50(49)57(54)53-40-55(61(44-27-13-5-14-28-44)45-29-15-6-16-30-45)52-39-48(37-38-51(52)58(53)59)60(42-23-9-3-10-24-42)43-25-11-4-12-26-43/h3-41H,1-2H3. The maximum Gasteiger partial charge on any atom is 0.0547 e. The first-order chi connectivity index (χ1) is 30.6. The molecule has 0 bridgehead atoms. The third-order valence-electron chi connectivity index (χ3n) is 12.5. The van der Waals surface area contributed by atoms with Crippen LogP contribution in [0.4, 0.5) is 51.2 Å². The third kappa shape index (κ3) is 6.21. The fourth-order valence-corrected chi connectivity index (χ4v) is 9.81. The summed E-state index contributed by atoms with van der Waals surface area (Å²) in [5, 5.41) is 4.89.